The number of carbonyl (C=O) groups is 2. The molecule has 0 radical (unpaired) electrons. The average molecular weight is 514 g/mol. The summed E-state index contributed by atoms with van der Waals surface area (Å²) in [7, 11) is -2.57. The minimum Gasteiger partial charge on any atom is -0.495 e. The summed E-state index contributed by atoms with van der Waals surface area (Å²) in [6, 6.07) is 8.80. The molecule has 0 saturated heterocycles. The predicted molar refractivity (Wildman–Crippen MR) is 130 cm³/mol. The maximum atomic E-state index is 13.5. The molecule has 0 fully saturated rings. The van der Waals surface area contributed by atoms with E-state index in [1.807, 2.05) is 0 Å². The van der Waals surface area contributed by atoms with Gasteiger partial charge in [0.25, 0.3) is 0 Å². The van der Waals surface area contributed by atoms with Crippen molar-refractivity contribution in [3.63, 3.8) is 0 Å². The van der Waals surface area contributed by atoms with E-state index < -0.39 is 40.2 Å². The van der Waals surface area contributed by atoms with Crippen LogP contribution < -0.4 is 14.4 Å². The fourth-order valence-electron chi connectivity index (χ4n) is 3.23. The third-order valence-electron chi connectivity index (χ3n) is 4.95. The van der Waals surface area contributed by atoms with Gasteiger partial charge in [0.2, 0.25) is 21.8 Å². The Balaban J connectivity index is 2.45. The summed E-state index contributed by atoms with van der Waals surface area (Å²) in [5, 5.41) is 3.01. The summed E-state index contributed by atoms with van der Waals surface area (Å²) in [4.78, 5) is 27.4. The Morgan fingerprint density at radius 2 is 1.74 bits per heavy atom. The van der Waals surface area contributed by atoms with Crippen molar-refractivity contribution in [2.75, 3.05) is 24.2 Å². The van der Waals surface area contributed by atoms with Crippen molar-refractivity contribution in [3.8, 4) is 5.75 Å². The number of sulfonamides is 1. The van der Waals surface area contributed by atoms with Gasteiger partial charge >= 0.3 is 0 Å². The van der Waals surface area contributed by atoms with E-state index in [9.17, 15) is 22.4 Å². The number of methoxy groups -OCH3 is 1. The second-order valence-electron chi connectivity index (χ2n) is 8.07. The van der Waals surface area contributed by atoms with Gasteiger partial charge in [0, 0.05) is 17.6 Å². The number of halogens is 2. The minimum atomic E-state index is -3.94. The standard InChI is InChI=1S/C23H29ClFN3O5S/c1-15(2)26-23(30)16(3)27(13-17-6-9-19(25)10-7-17)22(29)14-28(34(5,31)32)20-12-18(24)8-11-21(20)33-4/h6-12,15-16H,13-14H2,1-5H3,(H,26,30)/t16-/m1/s1. The molecule has 2 aromatic rings. The van der Waals surface area contributed by atoms with Gasteiger partial charge in [-0.1, -0.05) is 23.7 Å². The Kier molecular flexibility index (Phi) is 9.29. The predicted octanol–water partition coefficient (Wildman–Crippen LogP) is 3.20. The van der Waals surface area contributed by atoms with Crippen LogP contribution in [0.25, 0.3) is 0 Å². The summed E-state index contributed by atoms with van der Waals surface area (Å²) in [5.74, 6) is -1.28. The van der Waals surface area contributed by atoms with Crippen LogP contribution in [0.4, 0.5) is 10.1 Å². The number of amides is 2. The van der Waals surface area contributed by atoms with Crippen LogP contribution in [-0.4, -0.2) is 57.1 Å². The van der Waals surface area contributed by atoms with Crippen LogP contribution in [-0.2, 0) is 26.2 Å². The number of ether oxygens (including phenoxy) is 1. The molecule has 1 N–H and O–H groups in total. The average Bonchev–Trinajstić information content (AvgIpc) is 2.75. The van der Waals surface area contributed by atoms with Crippen LogP contribution in [0, 0.1) is 5.82 Å². The molecule has 0 aliphatic heterocycles. The summed E-state index contributed by atoms with van der Waals surface area (Å²) >= 11 is 6.07. The Bertz CT molecular complexity index is 1130. The first-order chi connectivity index (χ1) is 15.8. The molecular weight excluding hydrogens is 485 g/mol. The van der Waals surface area contributed by atoms with Gasteiger partial charge in [-0.3, -0.25) is 13.9 Å². The molecule has 8 nitrogen and oxygen atoms in total. The van der Waals surface area contributed by atoms with E-state index in [0.29, 0.717) is 5.56 Å². The van der Waals surface area contributed by atoms with Crippen molar-refractivity contribution in [3.05, 3.63) is 58.9 Å². The quantitative estimate of drug-likeness (QED) is 0.526. The second-order valence-corrected chi connectivity index (χ2v) is 10.4. The van der Waals surface area contributed by atoms with Crippen molar-refractivity contribution < 1.29 is 27.1 Å². The molecule has 186 valence electrons. The number of rotatable bonds is 10. The van der Waals surface area contributed by atoms with Crippen LogP contribution in [0.1, 0.15) is 26.3 Å². The van der Waals surface area contributed by atoms with Crippen molar-refractivity contribution in [2.45, 2.75) is 39.4 Å². The number of hydrogen-bond acceptors (Lipinski definition) is 5. The number of nitrogens with zero attached hydrogens (tertiary/aromatic N) is 2. The van der Waals surface area contributed by atoms with Gasteiger partial charge in [0.1, 0.15) is 24.2 Å². The maximum Gasteiger partial charge on any atom is 0.244 e. The third kappa shape index (κ3) is 7.33. The SMILES string of the molecule is COc1ccc(Cl)cc1N(CC(=O)N(Cc1ccc(F)cc1)[C@H](C)C(=O)NC(C)C)S(C)(=O)=O. The minimum absolute atomic E-state index is 0.0317. The van der Waals surface area contributed by atoms with E-state index in [2.05, 4.69) is 5.32 Å². The molecular formula is C23H29ClFN3O5S. The summed E-state index contributed by atoms with van der Waals surface area (Å²) in [6.07, 6.45) is 0.958. The first-order valence-corrected chi connectivity index (χ1v) is 12.7. The number of benzene rings is 2. The smallest absolute Gasteiger partial charge is 0.244 e. The second kappa shape index (κ2) is 11.5. The molecule has 0 bridgehead atoms. The molecule has 1 atom stereocenters. The molecule has 0 aromatic heterocycles. The monoisotopic (exact) mass is 513 g/mol. The van der Waals surface area contributed by atoms with Gasteiger partial charge in [-0.2, -0.15) is 0 Å². The first kappa shape index (κ1) is 27.4. The topological polar surface area (TPSA) is 96.0 Å². The fraction of sp³-hybridized carbons (Fsp3) is 0.391. The van der Waals surface area contributed by atoms with E-state index in [1.165, 1.54) is 54.5 Å². The Morgan fingerprint density at radius 1 is 1.12 bits per heavy atom. The summed E-state index contributed by atoms with van der Waals surface area (Å²) in [6.45, 7) is 4.48. The zero-order chi connectivity index (χ0) is 25.6. The third-order valence-corrected chi connectivity index (χ3v) is 6.31. The highest BCUT2D eigenvalue weighted by Gasteiger charge is 2.31. The van der Waals surface area contributed by atoms with Crippen LogP contribution >= 0.6 is 11.6 Å². The summed E-state index contributed by atoms with van der Waals surface area (Å²) in [5.41, 5.74) is 0.664. The van der Waals surface area contributed by atoms with Crippen LogP contribution in [0.15, 0.2) is 42.5 Å². The van der Waals surface area contributed by atoms with E-state index >= 15 is 0 Å². The maximum absolute atomic E-state index is 13.5. The van der Waals surface area contributed by atoms with E-state index in [1.54, 1.807) is 20.8 Å². The van der Waals surface area contributed by atoms with Crippen molar-refractivity contribution >= 4 is 39.1 Å². The molecule has 0 heterocycles. The zero-order valence-electron chi connectivity index (χ0n) is 19.7. The fourth-order valence-corrected chi connectivity index (χ4v) is 4.24. The lowest BCUT2D eigenvalue weighted by Crippen LogP contribution is -2.52. The lowest BCUT2D eigenvalue weighted by Gasteiger charge is -2.32. The van der Waals surface area contributed by atoms with Gasteiger partial charge in [0.05, 0.1) is 19.1 Å². The molecule has 2 aromatic carbocycles. The lowest BCUT2D eigenvalue weighted by atomic mass is 10.1. The molecule has 2 amide bonds. The highest BCUT2D eigenvalue weighted by molar-refractivity contribution is 7.92. The highest BCUT2D eigenvalue weighted by Crippen LogP contribution is 2.33. The summed E-state index contributed by atoms with van der Waals surface area (Å²) < 4.78 is 44.8. The first-order valence-electron chi connectivity index (χ1n) is 10.5. The van der Waals surface area contributed by atoms with Crippen molar-refractivity contribution in [2.24, 2.45) is 0 Å². The number of carbonyl (C=O) groups excluding carboxylic acids is 2. The molecule has 0 aliphatic carbocycles. The zero-order valence-corrected chi connectivity index (χ0v) is 21.3. The number of nitrogens with one attached hydrogen (secondary N) is 1. The number of hydrogen-bond donors (Lipinski definition) is 1. The molecule has 0 unspecified atom stereocenters. The van der Waals surface area contributed by atoms with Gasteiger partial charge < -0.3 is 15.0 Å². The van der Waals surface area contributed by atoms with Gasteiger partial charge in [0.15, 0.2) is 0 Å². The van der Waals surface area contributed by atoms with Crippen LogP contribution in [0.5, 0.6) is 5.75 Å². The molecule has 0 spiro atoms. The Hall–Kier alpha value is -2.85. The van der Waals surface area contributed by atoms with Gasteiger partial charge in [-0.15, -0.1) is 0 Å². The van der Waals surface area contributed by atoms with E-state index in [0.717, 1.165) is 10.6 Å². The normalized spacial score (nSPS) is 12.2. The van der Waals surface area contributed by atoms with E-state index in [-0.39, 0.29) is 29.0 Å². The Morgan fingerprint density at radius 3 is 2.26 bits per heavy atom. The van der Waals surface area contributed by atoms with Gasteiger partial charge in [-0.25, -0.2) is 12.8 Å². The van der Waals surface area contributed by atoms with Crippen LogP contribution in [0.2, 0.25) is 5.02 Å². The lowest BCUT2D eigenvalue weighted by molar-refractivity contribution is -0.139. The van der Waals surface area contributed by atoms with Crippen molar-refractivity contribution in [1.82, 2.24) is 10.2 Å². The molecule has 34 heavy (non-hydrogen) atoms. The largest absolute Gasteiger partial charge is 0.495 e. The van der Waals surface area contributed by atoms with Crippen molar-refractivity contribution in [1.29, 1.82) is 0 Å². The molecule has 11 heteroatoms. The highest BCUT2D eigenvalue weighted by atomic mass is 35.5. The number of anilines is 1. The molecule has 0 aliphatic rings. The van der Waals surface area contributed by atoms with Crippen LogP contribution in [0.3, 0.4) is 0 Å². The van der Waals surface area contributed by atoms with E-state index in [4.69, 9.17) is 16.3 Å². The Labute approximate surface area is 204 Å². The molecule has 2 rings (SSSR count). The van der Waals surface area contributed by atoms with Gasteiger partial charge in [-0.05, 0) is 56.7 Å². The molecule has 0 saturated carbocycles.